The Kier molecular flexibility index (Phi) is 6.11. The lowest BCUT2D eigenvalue weighted by molar-refractivity contribution is -0.145. The zero-order valence-electron chi connectivity index (χ0n) is 6.00. The number of rotatable bonds is 5. The molecular formula is C6H12O4. The standard InChI is InChI=1S/C6H12O4/c1-9-4-5-10-6(8)2-3-7/h7H,2-5H2,1H3. The minimum atomic E-state index is -0.389. The Labute approximate surface area is 59.7 Å². The fourth-order valence-electron chi connectivity index (χ4n) is 0.402. The van der Waals surface area contributed by atoms with Crippen molar-refractivity contribution < 1.29 is 19.4 Å². The molecule has 0 atom stereocenters. The third-order valence-corrected chi connectivity index (χ3v) is 0.866. The molecule has 0 radical (unpaired) electrons. The molecule has 10 heavy (non-hydrogen) atoms. The number of esters is 1. The van der Waals surface area contributed by atoms with Gasteiger partial charge >= 0.3 is 5.97 Å². The maximum Gasteiger partial charge on any atom is 0.308 e. The Hall–Kier alpha value is -0.610. The van der Waals surface area contributed by atoms with E-state index in [1.54, 1.807) is 0 Å². The summed E-state index contributed by atoms with van der Waals surface area (Å²) < 4.78 is 9.23. The number of carbonyl (C=O) groups is 1. The third-order valence-electron chi connectivity index (χ3n) is 0.866. The van der Waals surface area contributed by atoms with Gasteiger partial charge in [-0.2, -0.15) is 0 Å². The van der Waals surface area contributed by atoms with Crippen molar-refractivity contribution in [3.8, 4) is 0 Å². The summed E-state index contributed by atoms with van der Waals surface area (Å²) >= 11 is 0. The zero-order valence-corrected chi connectivity index (χ0v) is 6.00. The van der Waals surface area contributed by atoms with Crippen LogP contribution < -0.4 is 0 Å². The third kappa shape index (κ3) is 5.53. The van der Waals surface area contributed by atoms with Gasteiger partial charge in [0.15, 0.2) is 0 Å². The van der Waals surface area contributed by atoms with Crippen LogP contribution in [0.25, 0.3) is 0 Å². The highest BCUT2D eigenvalue weighted by Crippen LogP contribution is 1.83. The van der Waals surface area contributed by atoms with Gasteiger partial charge in [0.2, 0.25) is 0 Å². The van der Waals surface area contributed by atoms with E-state index in [0.717, 1.165) is 0 Å². The van der Waals surface area contributed by atoms with E-state index in [-0.39, 0.29) is 25.6 Å². The van der Waals surface area contributed by atoms with Crippen LogP contribution in [-0.2, 0) is 14.3 Å². The molecule has 0 aromatic carbocycles. The van der Waals surface area contributed by atoms with Gasteiger partial charge < -0.3 is 14.6 Å². The van der Waals surface area contributed by atoms with Crippen molar-refractivity contribution in [1.82, 2.24) is 0 Å². The first kappa shape index (κ1) is 9.39. The van der Waals surface area contributed by atoms with Gasteiger partial charge in [-0.05, 0) is 0 Å². The Morgan fingerprint density at radius 2 is 2.20 bits per heavy atom. The molecule has 1 N–H and O–H groups in total. The molecule has 0 saturated carbocycles. The smallest absolute Gasteiger partial charge is 0.308 e. The first-order valence-corrected chi connectivity index (χ1v) is 3.06. The SMILES string of the molecule is COCCOC(=O)CCO. The van der Waals surface area contributed by atoms with E-state index < -0.39 is 0 Å². The Balaban J connectivity index is 3.05. The zero-order chi connectivity index (χ0) is 7.82. The minimum absolute atomic E-state index is 0.0592. The second-order valence-corrected chi connectivity index (χ2v) is 1.69. The van der Waals surface area contributed by atoms with Crippen LogP contribution in [0.15, 0.2) is 0 Å². The van der Waals surface area contributed by atoms with Crippen LogP contribution in [0.5, 0.6) is 0 Å². The molecule has 0 aliphatic heterocycles. The number of aliphatic hydroxyl groups is 1. The Morgan fingerprint density at radius 3 is 2.70 bits per heavy atom. The lowest BCUT2D eigenvalue weighted by Crippen LogP contribution is -2.10. The number of carbonyl (C=O) groups excluding carboxylic acids is 1. The summed E-state index contributed by atoms with van der Waals surface area (Å²) in [5.74, 6) is -0.389. The Morgan fingerprint density at radius 1 is 1.50 bits per heavy atom. The minimum Gasteiger partial charge on any atom is -0.463 e. The molecule has 0 amide bonds. The van der Waals surface area contributed by atoms with E-state index in [1.807, 2.05) is 0 Å². The Bertz CT molecular complexity index is 91.7. The summed E-state index contributed by atoms with van der Waals surface area (Å²) in [5.41, 5.74) is 0. The van der Waals surface area contributed by atoms with Crippen LogP contribution in [0.3, 0.4) is 0 Å². The lowest BCUT2D eigenvalue weighted by atomic mass is 10.5. The molecule has 4 nitrogen and oxygen atoms in total. The van der Waals surface area contributed by atoms with Crippen molar-refractivity contribution in [2.45, 2.75) is 6.42 Å². The molecule has 0 heterocycles. The molecule has 60 valence electrons. The number of hydrogen-bond donors (Lipinski definition) is 1. The number of ether oxygens (including phenoxy) is 2. The molecule has 0 aromatic rings. The van der Waals surface area contributed by atoms with Crippen molar-refractivity contribution in [1.29, 1.82) is 0 Å². The van der Waals surface area contributed by atoms with Crippen LogP contribution in [0.2, 0.25) is 0 Å². The van der Waals surface area contributed by atoms with Gasteiger partial charge in [0.1, 0.15) is 6.61 Å². The number of aliphatic hydroxyl groups excluding tert-OH is 1. The number of methoxy groups -OCH3 is 1. The summed E-state index contributed by atoms with van der Waals surface area (Å²) in [6.45, 7) is 0.498. The average Bonchev–Trinajstić information content (AvgIpc) is 1.89. The average molecular weight is 148 g/mol. The van der Waals surface area contributed by atoms with Crippen LogP contribution in [0.1, 0.15) is 6.42 Å². The molecule has 0 rings (SSSR count). The van der Waals surface area contributed by atoms with Crippen molar-refractivity contribution in [2.24, 2.45) is 0 Å². The van der Waals surface area contributed by atoms with E-state index in [2.05, 4.69) is 9.47 Å². The molecule has 0 unspecified atom stereocenters. The first-order valence-electron chi connectivity index (χ1n) is 3.06. The normalized spacial score (nSPS) is 9.40. The summed E-state index contributed by atoms with van der Waals surface area (Å²) in [7, 11) is 1.53. The number of hydrogen-bond acceptors (Lipinski definition) is 4. The van der Waals surface area contributed by atoms with Gasteiger partial charge in [0.05, 0.1) is 19.6 Å². The summed E-state index contributed by atoms with van der Waals surface area (Å²) in [6.07, 6.45) is 0.0592. The van der Waals surface area contributed by atoms with Crippen LogP contribution in [0.4, 0.5) is 0 Å². The van der Waals surface area contributed by atoms with E-state index in [1.165, 1.54) is 7.11 Å². The molecule has 0 aliphatic rings. The lowest BCUT2D eigenvalue weighted by Gasteiger charge is -2.00. The van der Waals surface area contributed by atoms with Crippen LogP contribution in [0, 0.1) is 0 Å². The van der Waals surface area contributed by atoms with Crippen LogP contribution >= 0.6 is 0 Å². The quantitative estimate of drug-likeness (QED) is 0.424. The predicted molar refractivity (Wildman–Crippen MR) is 34.5 cm³/mol. The molecule has 0 saturated heterocycles. The van der Waals surface area contributed by atoms with Crippen molar-refractivity contribution in [2.75, 3.05) is 26.9 Å². The summed E-state index contributed by atoms with van der Waals surface area (Å²) in [4.78, 5) is 10.5. The first-order chi connectivity index (χ1) is 4.81. The highest BCUT2D eigenvalue weighted by Gasteiger charge is 1.98. The van der Waals surface area contributed by atoms with E-state index >= 15 is 0 Å². The highest BCUT2D eigenvalue weighted by molar-refractivity contribution is 5.69. The van der Waals surface area contributed by atoms with Crippen molar-refractivity contribution in [3.63, 3.8) is 0 Å². The maximum absolute atomic E-state index is 10.5. The molecule has 0 bridgehead atoms. The molecule has 0 spiro atoms. The fourth-order valence-corrected chi connectivity index (χ4v) is 0.402. The second-order valence-electron chi connectivity index (χ2n) is 1.69. The predicted octanol–water partition coefficient (Wildman–Crippen LogP) is -0.442. The van der Waals surface area contributed by atoms with Crippen molar-refractivity contribution in [3.05, 3.63) is 0 Å². The summed E-state index contributed by atoms with van der Waals surface area (Å²) in [5, 5.41) is 8.26. The van der Waals surface area contributed by atoms with Gasteiger partial charge in [-0.3, -0.25) is 4.79 Å². The molecular weight excluding hydrogens is 136 g/mol. The molecule has 4 heteroatoms. The molecule has 0 aromatic heterocycles. The second kappa shape index (κ2) is 6.51. The van der Waals surface area contributed by atoms with Gasteiger partial charge in [0, 0.05) is 7.11 Å². The van der Waals surface area contributed by atoms with E-state index in [0.29, 0.717) is 6.61 Å². The van der Waals surface area contributed by atoms with E-state index in [9.17, 15) is 4.79 Å². The van der Waals surface area contributed by atoms with Crippen LogP contribution in [-0.4, -0.2) is 38.0 Å². The highest BCUT2D eigenvalue weighted by atomic mass is 16.6. The molecule has 0 fully saturated rings. The fraction of sp³-hybridized carbons (Fsp3) is 0.833. The summed E-state index contributed by atoms with van der Waals surface area (Å²) in [6, 6.07) is 0. The topological polar surface area (TPSA) is 55.8 Å². The monoisotopic (exact) mass is 148 g/mol. The largest absolute Gasteiger partial charge is 0.463 e. The maximum atomic E-state index is 10.5. The molecule has 0 aliphatic carbocycles. The van der Waals surface area contributed by atoms with Gasteiger partial charge in [-0.1, -0.05) is 0 Å². The van der Waals surface area contributed by atoms with Gasteiger partial charge in [-0.25, -0.2) is 0 Å². The van der Waals surface area contributed by atoms with Gasteiger partial charge in [0.25, 0.3) is 0 Å². The van der Waals surface area contributed by atoms with E-state index in [4.69, 9.17) is 5.11 Å². The van der Waals surface area contributed by atoms with Crippen molar-refractivity contribution >= 4 is 5.97 Å². The van der Waals surface area contributed by atoms with Gasteiger partial charge in [-0.15, -0.1) is 0 Å².